The number of halogens is 1. The Hall–Kier alpha value is -3.10. The highest BCUT2D eigenvalue weighted by Gasteiger charge is 2.34. The number of hydrogen-bond acceptors (Lipinski definition) is 4. The monoisotopic (exact) mass is 481 g/mol. The summed E-state index contributed by atoms with van der Waals surface area (Å²) in [4.78, 5) is 26.1. The Morgan fingerprint density at radius 3 is 2.55 bits per heavy atom. The zero-order valence-electron chi connectivity index (χ0n) is 17.0. The van der Waals surface area contributed by atoms with E-state index in [0.29, 0.717) is 35.3 Å². The Morgan fingerprint density at radius 2 is 1.81 bits per heavy atom. The number of nitrogens with zero attached hydrogens (tertiary/aromatic N) is 3. The zero-order chi connectivity index (χ0) is 21.9. The van der Waals surface area contributed by atoms with Gasteiger partial charge < -0.3 is 14.4 Å². The molecule has 0 saturated carbocycles. The maximum atomic E-state index is 13.3. The van der Waals surface area contributed by atoms with E-state index in [1.165, 1.54) is 11.6 Å². The highest BCUT2D eigenvalue weighted by atomic mass is 79.9. The van der Waals surface area contributed by atoms with Crippen molar-refractivity contribution in [2.45, 2.75) is 12.6 Å². The molecule has 0 saturated heterocycles. The minimum absolute atomic E-state index is 0.0890. The third kappa shape index (κ3) is 2.90. The van der Waals surface area contributed by atoms with Crippen LogP contribution in [0.15, 0.2) is 62.6 Å². The Morgan fingerprint density at radius 1 is 1.06 bits per heavy atom. The van der Waals surface area contributed by atoms with E-state index in [2.05, 4.69) is 20.5 Å². The predicted molar refractivity (Wildman–Crippen MR) is 121 cm³/mol. The standard InChI is InChI=1S/C23H20BrN3O4/c1-25-19-17(22(29)26(2)23(25)30)18(13-6-4-3-5-7-13)27-10-11-31-21(20(19)27)15-12-14(24)8-9-16(15)28/h3-9,12,21,28H,10-11H2,1-2H3/t21-/m0/s1. The molecule has 1 aliphatic rings. The van der Waals surface area contributed by atoms with Gasteiger partial charge in [0.25, 0.3) is 5.56 Å². The van der Waals surface area contributed by atoms with E-state index >= 15 is 0 Å². The van der Waals surface area contributed by atoms with Crippen molar-refractivity contribution in [1.82, 2.24) is 13.7 Å². The molecule has 8 heteroatoms. The second kappa shape index (κ2) is 7.25. The Kier molecular flexibility index (Phi) is 4.64. The van der Waals surface area contributed by atoms with Gasteiger partial charge in [-0.05, 0) is 23.8 Å². The van der Waals surface area contributed by atoms with Gasteiger partial charge in [-0.25, -0.2) is 4.79 Å². The van der Waals surface area contributed by atoms with Gasteiger partial charge in [0.05, 0.1) is 28.9 Å². The molecule has 1 aliphatic heterocycles. The summed E-state index contributed by atoms with van der Waals surface area (Å²) in [7, 11) is 3.15. The van der Waals surface area contributed by atoms with Crippen LogP contribution in [0.25, 0.3) is 22.2 Å². The molecule has 0 amide bonds. The van der Waals surface area contributed by atoms with E-state index in [4.69, 9.17) is 4.74 Å². The van der Waals surface area contributed by atoms with Crippen LogP contribution >= 0.6 is 15.9 Å². The van der Waals surface area contributed by atoms with E-state index in [9.17, 15) is 14.7 Å². The van der Waals surface area contributed by atoms with Gasteiger partial charge in [-0.15, -0.1) is 0 Å². The molecule has 1 N–H and O–H groups in total. The smallest absolute Gasteiger partial charge is 0.331 e. The fourth-order valence-electron chi connectivity index (χ4n) is 4.45. The number of rotatable bonds is 2. The van der Waals surface area contributed by atoms with Crippen LogP contribution in [-0.2, 0) is 25.4 Å². The van der Waals surface area contributed by atoms with Crippen LogP contribution < -0.4 is 11.2 Å². The fraction of sp³-hybridized carbons (Fsp3) is 0.217. The van der Waals surface area contributed by atoms with Crippen molar-refractivity contribution in [3.8, 4) is 17.0 Å². The van der Waals surface area contributed by atoms with E-state index in [1.54, 1.807) is 25.2 Å². The third-order valence-electron chi connectivity index (χ3n) is 5.87. The summed E-state index contributed by atoms with van der Waals surface area (Å²) in [6, 6.07) is 14.8. The Labute approximate surface area is 185 Å². The molecule has 1 atom stereocenters. The van der Waals surface area contributed by atoms with Gasteiger partial charge in [0.1, 0.15) is 11.9 Å². The van der Waals surface area contributed by atoms with Gasteiger partial charge in [-0.2, -0.15) is 0 Å². The molecule has 158 valence electrons. The van der Waals surface area contributed by atoms with Crippen molar-refractivity contribution >= 4 is 26.8 Å². The topological polar surface area (TPSA) is 78.4 Å². The molecule has 2 aromatic heterocycles. The average Bonchev–Trinajstić information content (AvgIpc) is 3.14. The number of phenolic OH excluding ortho intramolecular Hbond substituents is 1. The summed E-state index contributed by atoms with van der Waals surface area (Å²) >= 11 is 3.46. The van der Waals surface area contributed by atoms with Crippen molar-refractivity contribution < 1.29 is 9.84 Å². The lowest BCUT2D eigenvalue weighted by molar-refractivity contribution is 0.0464. The van der Waals surface area contributed by atoms with E-state index in [0.717, 1.165) is 20.3 Å². The van der Waals surface area contributed by atoms with Crippen molar-refractivity contribution in [2.24, 2.45) is 14.1 Å². The van der Waals surface area contributed by atoms with Crippen LogP contribution in [0.2, 0.25) is 0 Å². The molecule has 3 heterocycles. The number of hydrogen-bond donors (Lipinski definition) is 1. The third-order valence-corrected chi connectivity index (χ3v) is 6.36. The summed E-state index contributed by atoms with van der Waals surface area (Å²) in [6.45, 7) is 0.926. The summed E-state index contributed by atoms with van der Waals surface area (Å²) in [5.41, 5.74) is 2.66. The molecular weight excluding hydrogens is 462 g/mol. The van der Waals surface area contributed by atoms with Crippen LogP contribution in [0, 0.1) is 0 Å². The minimum Gasteiger partial charge on any atom is -0.508 e. The quantitative estimate of drug-likeness (QED) is 0.476. The zero-order valence-corrected chi connectivity index (χ0v) is 18.6. The normalized spacial score (nSPS) is 15.9. The molecular formula is C23H20BrN3O4. The van der Waals surface area contributed by atoms with Crippen molar-refractivity contribution in [1.29, 1.82) is 0 Å². The lowest BCUT2D eigenvalue weighted by atomic mass is 10.0. The molecule has 7 nitrogen and oxygen atoms in total. The number of fused-ring (bicyclic) bond motifs is 3. The lowest BCUT2D eigenvalue weighted by Crippen LogP contribution is -2.37. The SMILES string of the molecule is Cn1c(=O)c2c(-c3ccccc3)n3c(c2n(C)c1=O)[C@H](c1cc(Br)ccc1O)OCC3. The highest BCUT2D eigenvalue weighted by molar-refractivity contribution is 9.10. The fourth-order valence-corrected chi connectivity index (χ4v) is 4.83. The second-order valence-corrected chi connectivity index (χ2v) is 8.55. The maximum Gasteiger partial charge on any atom is 0.331 e. The van der Waals surface area contributed by atoms with Crippen molar-refractivity contribution in [2.75, 3.05) is 6.61 Å². The largest absolute Gasteiger partial charge is 0.508 e. The molecule has 2 aromatic carbocycles. The summed E-state index contributed by atoms with van der Waals surface area (Å²) in [5, 5.41) is 11.1. The van der Waals surface area contributed by atoms with Crippen LogP contribution in [0.3, 0.4) is 0 Å². The number of ether oxygens (including phenoxy) is 1. The number of phenols is 1. The molecule has 5 rings (SSSR count). The van der Waals surface area contributed by atoms with Gasteiger partial charge in [0.15, 0.2) is 0 Å². The van der Waals surface area contributed by atoms with Crippen molar-refractivity contribution in [3.63, 3.8) is 0 Å². The summed E-state index contributed by atoms with van der Waals surface area (Å²) in [6.07, 6.45) is -0.635. The van der Waals surface area contributed by atoms with E-state index < -0.39 is 11.8 Å². The number of aryl methyl sites for hydroxylation is 1. The summed E-state index contributed by atoms with van der Waals surface area (Å²) in [5.74, 6) is 0.0890. The van der Waals surface area contributed by atoms with Gasteiger partial charge in [-0.1, -0.05) is 46.3 Å². The first-order valence-electron chi connectivity index (χ1n) is 9.87. The molecule has 0 aliphatic carbocycles. The van der Waals surface area contributed by atoms with Crippen LogP contribution in [-0.4, -0.2) is 25.4 Å². The Bertz CT molecular complexity index is 1450. The van der Waals surface area contributed by atoms with Crippen LogP contribution in [0.1, 0.15) is 17.4 Å². The average molecular weight is 482 g/mol. The first-order chi connectivity index (χ1) is 14.9. The summed E-state index contributed by atoms with van der Waals surface area (Å²) < 4.78 is 11.6. The maximum absolute atomic E-state index is 13.3. The first kappa shape index (κ1) is 19.8. The predicted octanol–water partition coefficient (Wildman–Crippen LogP) is 3.29. The second-order valence-electron chi connectivity index (χ2n) is 7.63. The Balaban J connectivity index is 1.97. The van der Waals surface area contributed by atoms with Gasteiger partial charge in [0, 0.05) is 30.7 Å². The number of aromatic nitrogens is 3. The molecule has 31 heavy (non-hydrogen) atoms. The minimum atomic E-state index is -0.635. The molecule has 0 bridgehead atoms. The van der Waals surface area contributed by atoms with E-state index in [1.807, 2.05) is 30.3 Å². The van der Waals surface area contributed by atoms with E-state index in [-0.39, 0.29) is 11.3 Å². The van der Waals surface area contributed by atoms with Crippen molar-refractivity contribution in [3.05, 3.63) is 85.1 Å². The van der Waals surface area contributed by atoms with Gasteiger partial charge >= 0.3 is 5.69 Å². The highest BCUT2D eigenvalue weighted by Crippen LogP contribution is 2.43. The number of benzene rings is 2. The molecule has 0 fully saturated rings. The van der Waals surface area contributed by atoms with Crippen LogP contribution in [0.4, 0.5) is 0 Å². The van der Waals surface area contributed by atoms with Crippen LogP contribution in [0.5, 0.6) is 5.75 Å². The molecule has 4 aromatic rings. The molecule has 0 unspecified atom stereocenters. The molecule has 0 spiro atoms. The molecule has 0 radical (unpaired) electrons. The number of aromatic hydroxyl groups is 1. The van der Waals surface area contributed by atoms with Gasteiger partial charge in [-0.3, -0.25) is 13.9 Å². The van der Waals surface area contributed by atoms with Gasteiger partial charge in [0.2, 0.25) is 0 Å². The first-order valence-corrected chi connectivity index (χ1v) is 10.7. The lowest BCUT2D eigenvalue weighted by Gasteiger charge is -2.28.